The van der Waals surface area contributed by atoms with Gasteiger partial charge >= 0.3 is 0 Å². The van der Waals surface area contributed by atoms with E-state index in [4.69, 9.17) is 4.74 Å². The van der Waals surface area contributed by atoms with Gasteiger partial charge in [0.25, 0.3) is 0 Å². The Morgan fingerprint density at radius 2 is 2.00 bits per heavy atom. The lowest BCUT2D eigenvalue weighted by Gasteiger charge is -2.08. The molecule has 0 saturated heterocycles. The first-order valence-electron chi connectivity index (χ1n) is 5.97. The van der Waals surface area contributed by atoms with E-state index >= 15 is 0 Å². The molecule has 2 aromatic rings. The van der Waals surface area contributed by atoms with Gasteiger partial charge in [-0.15, -0.1) is 10.2 Å². The first kappa shape index (κ1) is 13.1. The van der Waals surface area contributed by atoms with Gasteiger partial charge in [0.15, 0.2) is 11.0 Å². The Morgan fingerprint density at radius 3 is 2.67 bits per heavy atom. The number of aromatic nitrogens is 3. The van der Waals surface area contributed by atoms with Crippen LogP contribution in [0.4, 0.5) is 0 Å². The molecule has 1 heterocycles. The highest BCUT2D eigenvalue weighted by Crippen LogP contribution is 2.23. The maximum atomic E-state index is 5.15. The van der Waals surface area contributed by atoms with E-state index in [1.54, 1.807) is 18.9 Å². The molecule has 0 unspecified atom stereocenters. The SMILES string of the molecule is CCSc1nnc(-c2ccccc2)n1CCOC. The van der Waals surface area contributed by atoms with E-state index < -0.39 is 0 Å². The highest BCUT2D eigenvalue weighted by molar-refractivity contribution is 7.99. The molecule has 0 aliphatic carbocycles. The topological polar surface area (TPSA) is 39.9 Å². The lowest BCUT2D eigenvalue weighted by atomic mass is 10.2. The molecule has 1 aromatic heterocycles. The zero-order valence-corrected chi connectivity index (χ0v) is 11.5. The average molecular weight is 263 g/mol. The molecule has 5 heteroatoms. The van der Waals surface area contributed by atoms with Gasteiger partial charge in [-0.25, -0.2) is 0 Å². The molecule has 0 N–H and O–H groups in total. The summed E-state index contributed by atoms with van der Waals surface area (Å²) in [7, 11) is 1.71. The van der Waals surface area contributed by atoms with E-state index in [9.17, 15) is 0 Å². The minimum absolute atomic E-state index is 0.662. The van der Waals surface area contributed by atoms with Gasteiger partial charge in [-0.2, -0.15) is 0 Å². The van der Waals surface area contributed by atoms with Crippen LogP contribution in [0.1, 0.15) is 6.92 Å². The normalized spacial score (nSPS) is 10.8. The van der Waals surface area contributed by atoms with Crippen LogP contribution in [0, 0.1) is 0 Å². The lowest BCUT2D eigenvalue weighted by Crippen LogP contribution is -2.07. The van der Waals surface area contributed by atoms with Crippen LogP contribution in [0.15, 0.2) is 35.5 Å². The first-order valence-corrected chi connectivity index (χ1v) is 6.95. The van der Waals surface area contributed by atoms with Crippen molar-refractivity contribution in [2.75, 3.05) is 19.5 Å². The largest absolute Gasteiger partial charge is 0.383 e. The van der Waals surface area contributed by atoms with Crippen molar-refractivity contribution in [3.05, 3.63) is 30.3 Å². The Hall–Kier alpha value is -1.33. The van der Waals surface area contributed by atoms with Crippen LogP contribution in [0.3, 0.4) is 0 Å². The number of benzene rings is 1. The standard InChI is InChI=1S/C13H17N3OS/c1-3-18-13-15-14-12(16(13)9-10-17-2)11-7-5-4-6-8-11/h4-8H,3,9-10H2,1-2H3. The van der Waals surface area contributed by atoms with Crippen LogP contribution < -0.4 is 0 Å². The summed E-state index contributed by atoms with van der Waals surface area (Å²) in [4.78, 5) is 0. The van der Waals surface area contributed by atoms with Crippen LogP contribution in [0.25, 0.3) is 11.4 Å². The molecule has 18 heavy (non-hydrogen) atoms. The third-order valence-corrected chi connectivity index (χ3v) is 3.39. The molecular weight excluding hydrogens is 246 g/mol. The van der Waals surface area contributed by atoms with Crippen molar-refractivity contribution < 1.29 is 4.74 Å². The molecule has 0 aliphatic heterocycles. The fourth-order valence-electron chi connectivity index (χ4n) is 1.71. The molecule has 0 saturated carbocycles. The predicted octanol–water partition coefficient (Wildman–Crippen LogP) is 2.70. The molecule has 0 bridgehead atoms. The highest BCUT2D eigenvalue weighted by atomic mass is 32.2. The van der Waals surface area contributed by atoms with Crippen LogP contribution >= 0.6 is 11.8 Å². The molecule has 0 amide bonds. The summed E-state index contributed by atoms with van der Waals surface area (Å²) in [6, 6.07) is 10.1. The number of rotatable bonds is 6. The highest BCUT2D eigenvalue weighted by Gasteiger charge is 2.13. The Bertz CT molecular complexity index is 484. The number of hydrogen-bond acceptors (Lipinski definition) is 4. The molecular formula is C13H17N3OS. The summed E-state index contributed by atoms with van der Waals surface area (Å²) < 4.78 is 7.27. The molecule has 0 fully saturated rings. The molecule has 1 aromatic carbocycles. The van der Waals surface area contributed by atoms with Crippen molar-refractivity contribution >= 4 is 11.8 Å². The zero-order chi connectivity index (χ0) is 12.8. The summed E-state index contributed by atoms with van der Waals surface area (Å²) in [6.45, 7) is 3.55. The smallest absolute Gasteiger partial charge is 0.191 e. The fourth-order valence-corrected chi connectivity index (χ4v) is 2.40. The lowest BCUT2D eigenvalue weighted by molar-refractivity contribution is 0.185. The van der Waals surface area contributed by atoms with Gasteiger partial charge in [0.2, 0.25) is 0 Å². The van der Waals surface area contributed by atoms with Crippen LogP contribution in [0.2, 0.25) is 0 Å². The maximum absolute atomic E-state index is 5.15. The van der Waals surface area contributed by atoms with Crippen molar-refractivity contribution in [1.29, 1.82) is 0 Å². The zero-order valence-electron chi connectivity index (χ0n) is 10.7. The maximum Gasteiger partial charge on any atom is 0.191 e. The summed E-state index contributed by atoms with van der Waals surface area (Å²) in [6.07, 6.45) is 0. The number of ether oxygens (including phenoxy) is 1. The second-order valence-electron chi connectivity index (χ2n) is 3.75. The minimum atomic E-state index is 0.662. The third kappa shape index (κ3) is 2.91. The Balaban J connectivity index is 2.34. The van der Waals surface area contributed by atoms with Gasteiger partial charge in [0.1, 0.15) is 0 Å². The molecule has 0 aliphatic rings. The fraction of sp³-hybridized carbons (Fsp3) is 0.385. The summed E-state index contributed by atoms with van der Waals surface area (Å²) in [5, 5.41) is 9.50. The van der Waals surface area contributed by atoms with Crippen molar-refractivity contribution in [2.45, 2.75) is 18.6 Å². The van der Waals surface area contributed by atoms with Gasteiger partial charge in [-0.3, -0.25) is 4.57 Å². The molecule has 4 nitrogen and oxygen atoms in total. The molecule has 0 atom stereocenters. The van der Waals surface area contributed by atoms with Gasteiger partial charge < -0.3 is 4.74 Å². The van der Waals surface area contributed by atoms with E-state index in [1.165, 1.54) is 0 Å². The number of nitrogens with zero attached hydrogens (tertiary/aromatic N) is 3. The Morgan fingerprint density at radius 1 is 1.22 bits per heavy atom. The Kier molecular flexibility index (Phi) is 4.78. The predicted molar refractivity (Wildman–Crippen MR) is 73.7 cm³/mol. The second kappa shape index (κ2) is 6.56. The summed E-state index contributed by atoms with van der Waals surface area (Å²) >= 11 is 1.70. The Labute approximate surface area is 111 Å². The van der Waals surface area contributed by atoms with Gasteiger partial charge in [0.05, 0.1) is 13.2 Å². The number of thioether (sulfide) groups is 1. The van der Waals surface area contributed by atoms with Crippen molar-refractivity contribution in [3.8, 4) is 11.4 Å². The quantitative estimate of drug-likeness (QED) is 0.751. The van der Waals surface area contributed by atoms with Crippen molar-refractivity contribution in [1.82, 2.24) is 14.8 Å². The van der Waals surface area contributed by atoms with E-state index in [1.807, 2.05) is 30.3 Å². The number of hydrogen-bond donors (Lipinski definition) is 0. The molecule has 96 valence electrons. The van der Waals surface area contributed by atoms with E-state index in [0.717, 1.165) is 28.8 Å². The van der Waals surface area contributed by atoms with Crippen molar-refractivity contribution in [3.63, 3.8) is 0 Å². The van der Waals surface area contributed by atoms with Gasteiger partial charge in [0, 0.05) is 12.7 Å². The van der Waals surface area contributed by atoms with Gasteiger partial charge in [-0.1, -0.05) is 49.0 Å². The van der Waals surface area contributed by atoms with E-state index in [2.05, 4.69) is 21.7 Å². The molecule has 0 radical (unpaired) electrons. The van der Waals surface area contributed by atoms with E-state index in [-0.39, 0.29) is 0 Å². The van der Waals surface area contributed by atoms with Gasteiger partial charge in [-0.05, 0) is 5.75 Å². The summed E-state index contributed by atoms with van der Waals surface area (Å²) in [5.74, 6) is 1.89. The van der Waals surface area contributed by atoms with Crippen molar-refractivity contribution in [2.24, 2.45) is 0 Å². The number of methoxy groups -OCH3 is 1. The van der Waals surface area contributed by atoms with Crippen LogP contribution in [-0.2, 0) is 11.3 Å². The monoisotopic (exact) mass is 263 g/mol. The third-order valence-electron chi connectivity index (χ3n) is 2.54. The summed E-state index contributed by atoms with van der Waals surface area (Å²) in [5.41, 5.74) is 1.09. The van der Waals surface area contributed by atoms with Crippen LogP contribution in [-0.4, -0.2) is 34.2 Å². The minimum Gasteiger partial charge on any atom is -0.383 e. The second-order valence-corrected chi connectivity index (χ2v) is 4.98. The van der Waals surface area contributed by atoms with Crippen LogP contribution in [0.5, 0.6) is 0 Å². The molecule has 0 spiro atoms. The first-order chi connectivity index (χ1) is 8.86. The molecule has 2 rings (SSSR count). The van der Waals surface area contributed by atoms with E-state index in [0.29, 0.717) is 6.61 Å². The average Bonchev–Trinajstić information content (AvgIpc) is 2.81.